The molecule has 1 heterocycles. The van der Waals surface area contributed by atoms with Crippen LogP contribution < -0.4 is 5.43 Å². The highest BCUT2D eigenvalue weighted by Crippen LogP contribution is 2.02. The van der Waals surface area contributed by atoms with Gasteiger partial charge in [-0.05, 0) is 6.92 Å². The number of carbonyl (C=O) groups excluding carboxylic acids is 1. The van der Waals surface area contributed by atoms with Crippen molar-refractivity contribution in [1.82, 2.24) is 4.57 Å². The predicted octanol–water partition coefficient (Wildman–Crippen LogP) is 0.876. The molecule has 0 fully saturated rings. The molecule has 0 saturated carbocycles. The molecule has 0 amide bonds. The third-order valence-corrected chi connectivity index (χ3v) is 2.01. The highest BCUT2D eigenvalue weighted by atomic mass is 16.6. The average Bonchev–Trinajstić information content (AvgIpc) is 2.31. The van der Waals surface area contributed by atoms with Gasteiger partial charge < -0.3 is 9.30 Å². The van der Waals surface area contributed by atoms with Crippen LogP contribution in [0.5, 0.6) is 0 Å². The molecule has 0 bridgehead atoms. The lowest BCUT2D eigenvalue weighted by molar-refractivity contribution is -0.386. The molecule has 0 saturated heterocycles. The maximum absolute atomic E-state index is 11.1. The monoisotopic (exact) mass is 252 g/mol. The van der Waals surface area contributed by atoms with E-state index < -0.39 is 22.0 Å². The molecule has 0 aliphatic heterocycles. The van der Waals surface area contributed by atoms with Gasteiger partial charge in [0.05, 0.1) is 17.7 Å². The van der Waals surface area contributed by atoms with Crippen LogP contribution in [0.2, 0.25) is 0 Å². The molecule has 0 aliphatic rings. The minimum Gasteiger partial charge on any atom is -0.463 e. The number of rotatable bonds is 5. The van der Waals surface area contributed by atoms with Crippen molar-refractivity contribution < 1.29 is 14.5 Å². The Balaban J connectivity index is 2.75. The summed E-state index contributed by atoms with van der Waals surface area (Å²) in [4.78, 5) is 31.9. The van der Waals surface area contributed by atoms with Crippen LogP contribution in [-0.4, -0.2) is 22.1 Å². The number of pyridine rings is 1. The second-order valence-corrected chi connectivity index (χ2v) is 3.30. The maximum Gasteiger partial charge on any atom is 0.332 e. The van der Waals surface area contributed by atoms with Crippen LogP contribution in [0.1, 0.15) is 6.92 Å². The normalized spacial score (nSPS) is 10.5. The van der Waals surface area contributed by atoms with E-state index in [1.807, 2.05) is 0 Å². The quantitative estimate of drug-likeness (QED) is 0.335. The van der Waals surface area contributed by atoms with Gasteiger partial charge in [-0.3, -0.25) is 14.9 Å². The number of hydrogen-bond donors (Lipinski definition) is 0. The summed E-state index contributed by atoms with van der Waals surface area (Å²) in [5.74, 6) is -0.479. The summed E-state index contributed by atoms with van der Waals surface area (Å²) in [6.07, 6.45) is 5.25. The first-order valence-electron chi connectivity index (χ1n) is 5.22. The maximum atomic E-state index is 11.1. The van der Waals surface area contributed by atoms with E-state index in [2.05, 4.69) is 4.74 Å². The Bertz CT molecular complexity index is 532. The SMILES string of the molecule is CCOC(=O)/C=C/Cn1ccc(=O)c([N+](=O)[O-])c1. The Morgan fingerprint density at radius 3 is 2.94 bits per heavy atom. The second kappa shape index (κ2) is 6.33. The van der Waals surface area contributed by atoms with Gasteiger partial charge in [-0.25, -0.2) is 4.79 Å². The molecule has 1 aromatic heterocycles. The highest BCUT2D eigenvalue weighted by Gasteiger charge is 2.10. The molecule has 0 atom stereocenters. The Morgan fingerprint density at radius 1 is 1.61 bits per heavy atom. The van der Waals surface area contributed by atoms with Gasteiger partial charge in [-0.2, -0.15) is 0 Å². The van der Waals surface area contributed by atoms with E-state index >= 15 is 0 Å². The highest BCUT2D eigenvalue weighted by molar-refractivity contribution is 5.81. The Morgan fingerprint density at radius 2 is 2.33 bits per heavy atom. The molecule has 1 aromatic rings. The molecule has 7 nitrogen and oxygen atoms in total. The first-order valence-corrected chi connectivity index (χ1v) is 5.22. The van der Waals surface area contributed by atoms with E-state index in [1.165, 1.54) is 22.9 Å². The van der Waals surface area contributed by atoms with Crippen molar-refractivity contribution >= 4 is 11.7 Å². The summed E-state index contributed by atoms with van der Waals surface area (Å²) in [5, 5.41) is 10.5. The fourth-order valence-corrected chi connectivity index (χ4v) is 1.22. The zero-order valence-corrected chi connectivity index (χ0v) is 9.74. The van der Waals surface area contributed by atoms with Gasteiger partial charge in [0, 0.05) is 24.9 Å². The minimum atomic E-state index is -0.742. The van der Waals surface area contributed by atoms with Crippen molar-refractivity contribution in [3.8, 4) is 0 Å². The smallest absolute Gasteiger partial charge is 0.332 e. The number of carbonyl (C=O) groups is 1. The molecular formula is C11H12N2O5. The molecule has 1 rings (SSSR count). The largest absolute Gasteiger partial charge is 0.463 e. The van der Waals surface area contributed by atoms with E-state index in [0.29, 0.717) is 0 Å². The summed E-state index contributed by atoms with van der Waals surface area (Å²) >= 11 is 0. The lowest BCUT2D eigenvalue weighted by Gasteiger charge is -2.01. The van der Waals surface area contributed by atoms with Crippen molar-refractivity contribution in [2.75, 3.05) is 6.61 Å². The minimum absolute atomic E-state index is 0.236. The third-order valence-electron chi connectivity index (χ3n) is 2.01. The van der Waals surface area contributed by atoms with Crippen LogP contribution in [0.3, 0.4) is 0 Å². The summed E-state index contributed by atoms with van der Waals surface area (Å²) in [6.45, 7) is 2.21. The summed E-state index contributed by atoms with van der Waals surface area (Å²) in [5.41, 5.74) is -1.15. The van der Waals surface area contributed by atoms with Crippen LogP contribution in [0.4, 0.5) is 5.69 Å². The van der Waals surface area contributed by atoms with Crippen molar-refractivity contribution in [2.24, 2.45) is 0 Å². The fraction of sp³-hybridized carbons (Fsp3) is 0.273. The third kappa shape index (κ3) is 3.85. The molecule has 0 N–H and O–H groups in total. The van der Waals surface area contributed by atoms with Gasteiger partial charge in [-0.1, -0.05) is 6.08 Å². The van der Waals surface area contributed by atoms with Crippen molar-refractivity contribution in [3.63, 3.8) is 0 Å². The number of allylic oxidation sites excluding steroid dienone is 1. The lowest BCUT2D eigenvalue weighted by atomic mass is 10.4. The van der Waals surface area contributed by atoms with Gasteiger partial charge in [-0.15, -0.1) is 0 Å². The molecule has 0 aromatic carbocycles. The zero-order chi connectivity index (χ0) is 13.5. The van der Waals surface area contributed by atoms with Crippen LogP contribution in [-0.2, 0) is 16.1 Å². The lowest BCUT2D eigenvalue weighted by Crippen LogP contribution is -2.10. The van der Waals surface area contributed by atoms with Crippen LogP contribution in [0.25, 0.3) is 0 Å². The topological polar surface area (TPSA) is 91.4 Å². The standard InChI is InChI=1S/C11H12N2O5/c1-2-18-11(15)4-3-6-12-7-5-10(14)9(8-12)13(16)17/h3-5,7-8H,2,6H2,1H3/b4-3+. The van der Waals surface area contributed by atoms with Gasteiger partial charge in [0.25, 0.3) is 5.43 Å². The van der Waals surface area contributed by atoms with Crippen molar-refractivity contribution in [1.29, 1.82) is 0 Å². The Labute approximate surface area is 102 Å². The molecule has 96 valence electrons. The van der Waals surface area contributed by atoms with Crippen LogP contribution in [0, 0.1) is 10.1 Å². The molecule has 18 heavy (non-hydrogen) atoms. The van der Waals surface area contributed by atoms with Gasteiger partial charge in [0.15, 0.2) is 0 Å². The average molecular weight is 252 g/mol. The number of aromatic nitrogens is 1. The fourth-order valence-electron chi connectivity index (χ4n) is 1.22. The van der Waals surface area contributed by atoms with E-state index in [-0.39, 0.29) is 13.2 Å². The predicted molar refractivity (Wildman–Crippen MR) is 63.1 cm³/mol. The number of ether oxygens (including phenoxy) is 1. The second-order valence-electron chi connectivity index (χ2n) is 3.30. The summed E-state index contributed by atoms with van der Waals surface area (Å²) in [7, 11) is 0. The number of esters is 1. The van der Waals surface area contributed by atoms with Gasteiger partial charge in [0.1, 0.15) is 0 Å². The number of nitrogens with zero attached hydrogens (tertiary/aromatic N) is 2. The van der Waals surface area contributed by atoms with Crippen molar-refractivity contribution in [2.45, 2.75) is 13.5 Å². The molecule has 0 spiro atoms. The van der Waals surface area contributed by atoms with Gasteiger partial charge >= 0.3 is 11.7 Å². The van der Waals surface area contributed by atoms with Crippen molar-refractivity contribution in [3.05, 3.63) is 50.9 Å². The van der Waals surface area contributed by atoms with Crippen LogP contribution >= 0.6 is 0 Å². The molecule has 0 unspecified atom stereocenters. The van der Waals surface area contributed by atoms with Crippen LogP contribution in [0.15, 0.2) is 35.4 Å². The number of hydrogen-bond acceptors (Lipinski definition) is 5. The zero-order valence-electron chi connectivity index (χ0n) is 9.74. The van der Waals surface area contributed by atoms with Gasteiger partial charge in [0.2, 0.25) is 0 Å². The van der Waals surface area contributed by atoms with E-state index in [0.717, 1.165) is 12.3 Å². The Kier molecular flexibility index (Phi) is 4.79. The first kappa shape index (κ1) is 13.6. The summed E-state index contributed by atoms with van der Waals surface area (Å²) < 4.78 is 6.09. The molecule has 0 radical (unpaired) electrons. The Hall–Kier alpha value is -2.44. The molecular weight excluding hydrogens is 240 g/mol. The molecule has 7 heteroatoms. The van der Waals surface area contributed by atoms with E-state index in [1.54, 1.807) is 6.92 Å². The summed E-state index contributed by atoms with van der Waals surface area (Å²) in [6, 6.07) is 1.11. The number of nitro groups is 1. The van der Waals surface area contributed by atoms with E-state index in [4.69, 9.17) is 0 Å². The molecule has 0 aliphatic carbocycles. The van der Waals surface area contributed by atoms with E-state index in [9.17, 15) is 19.7 Å². The first-order chi connectivity index (χ1) is 8.54.